The molecule has 0 radical (unpaired) electrons. The summed E-state index contributed by atoms with van der Waals surface area (Å²) in [6, 6.07) is 13.1. The molecule has 0 saturated carbocycles. The molecule has 0 spiro atoms. The molecule has 4 amide bonds. The highest BCUT2D eigenvalue weighted by Gasteiger charge is 2.23. The average Bonchev–Trinajstić information content (AvgIpc) is 2.88. The van der Waals surface area contributed by atoms with Gasteiger partial charge in [-0.3, -0.25) is 14.4 Å². The fraction of sp³-hybridized carbons (Fsp3) is 0.385. The van der Waals surface area contributed by atoms with Gasteiger partial charge in [0.05, 0.1) is 20.8 Å². The van der Waals surface area contributed by atoms with Gasteiger partial charge in [-0.05, 0) is 35.6 Å². The third-order valence-electron chi connectivity index (χ3n) is 5.17. The van der Waals surface area contributed by atoms with Crippen molar-refractivity contribution in [3.05, 3.63) is 59.7 Å². The maximum Gasteiger partial charge on any atom is 0.315 e. The Bertz CT molecular complexity index is 1020. The van der Waals surface area contributed by atoms with Gasteiger partial charge in [-0.1, -0.05) is 44.2 Å². The highest BCUT2D eigenvalue weighted by molar-refractivity contribution is 6.37. The molecule has 0 saturated heterocycles. The predicted octanol–water partition coefficient (Wildman–Crippen LogP) is 1.92. The minimum atomic E-state index is -0.860. The normalized spacial score (nSPS) is 11.2. The number of nitrogens with one attached hydrogen (secondary N) is 4. The standard InChI is InChI=1S/C26H34N4O6/c1-17(2)10-22(30-26(34)29-14-18-8-6-5-7-9-18)24(32)28-16-23(31)25(33)27-15-19-11-20(35-3)13-21(12-19)36-4/h5-9,11-13,17,22H,10,14-16H2,1-4H3,(H,27,33)(H,28,32)(H2,29,30,34). The van der Waals surface area contributed by atoms with E-state index >= 15 is 0 Å². The molecule has 1 atom stereocenters. The lowest BCUT2D eigenvalue weighted by Crippen LogP contribution is -2.51. The van der Waals surface area contributed by atoms with Crippen LogP contribution in [0.4, 0.5) is 4.79 Å². The molecule has 0 aliphatic rings. The van der Waals surface area contributed by atoms with E-state index in [0.717, 1.165) is 5.56 Å². The zero-order valence-corrected chi connectivity index (χ0v) is 21.1. The number of ether oxygens (including phenoxy) is 2. The van der Waals surface area contributed by atoms with E-state index in [2.05, 4.69) is 21.3 Å². The molecule has 0 fully saturated rings. The second kappa shape index (κ2) is 14.3. The third-order valence-corrected chi connectivity index (χ3v) is 5.17. The van der Waals surface area contributed by atoms with Crippen LogP contribution < -0.4 is 30.7 Å². The summed E-state index contributed by atoms with van der Waals surface area (Å²) < 4.78 is 10.4. The number of rotatable bonds is 13. The highest BCUT2D eigenvalue weighted by Crippen LogP contribution is 2.22. The van der Waals surface area contributed by atoms with Gasteiger partial charge in [0.15, 0.2) is 0 Å². The number of urea groups is 1. The lowest BCUT2D eigenvalue weighted by atomic mass is 10.0. The van der Waals surface area contributed by atoms with E-state index in [1.165, 1.54) is 14.2 Å². The van der Waals surface area contributed by atoms with E-state index in [-0.39, 0.29) is 12.5 Å². The van der Waals surface area contributed by atoms with Gasteiger partial charge >= 0.3 is 6.03 Å². The number of carbonyl (C=O) groups is 4. The Morgan fingerprint density at radius 1 is 0.806 bits per heavy atom. The maximum absolute atomic E-state index is 12.7. The van der Waals surface area contributed by atoms with Crippen LogP contribution in [0.2, 0.25) is 0 Å². The second-order valence-corrected chi connectivity index (χ2v) is 8.54. The van der Waals surface area contributed by atoms with Gasteiger partial charge in [0.2, 0.25) is 11.7 Å². The molecule has 0 heterocycles. The van der Waals surface area contributed by atoms with E-state index in [4.69, 9.17) is 9.47 Å². The van der Waals surface area contributed by atoms with Gasteiger partial charge in [-0.15, -0.1) is 0 Å². The quantitative estimate of drug-likeness (QED) is 0.312. The first kappa shape index (κ1) is 28.2. The number of hydrogen-bond acceptors (Lipinski definition) is 6. The summed E-state index contributed by atoms with van der Waals surface area (Å²) in [7, 11) is 3.02. The van der Waals surface area contributed by atoms with Crippen molar-refractivity contribution in [3.63, 3.8) is 0 Å². The maximum atomic E-state index is 12.7. The lowest BCUT2D eigenvalue weighted by molar-refractivity contribution is -0.138. The Labute approximate surface area is 211 Å². The van der Waals surface area contributed by atoms with Crippen LogP contribution in [-0.4, -0.2) is 50.4 Å². The Morgan fingerprint density at radius 2 is 1.42 bits per heavy atom. The van der Waals surface area contributed by atoms with Crippen LogP contribution >= 0.6 is 0 Å². The molecule has 2 rings (SSSR count). The van der Waals surface area contributed by atoms with Crippen molar-refractivity contribution in [2.24, 2.45) is 5.92 Å². The Kier molecular flexibility index (Phi) is 11.2. The van der Waals surface area contributed by atoms with E-state index in [1.807, 2.05) is 44.2 Å². The summed E-state index contributed by atoms with van der Waals surface area (Å²) in [6.45, 7) is 3.71. The van der Waals surface area contributed by atoms with Crippen molar-refractivity contribution in [1.29, 1.82) is 0 Å². The van der Waals surface area contributed by atoms with Gasteiger partial charge in [0, 0.05) is 19.2 Å². The Hall–Kier alpha value is -4.08. The van der Waals surface area contributed by atoms with Crippen molar-refractivity contribution >= 4 is 23.6 Å². The van der Waals surface area contributed by atoms with Gasteiger partial charge in [0.25, 0.3) is 5.91 Å². The van der Waals surface area contributed by atoms with Crippen LogP contribution in [0.15, 0.2) is 48.5 Å². The van der Waals surface area contributed by atoms with E-state index in [1.54, 1.807) is 18.2 Å². The molecule has 2 aromatic rings. The minimum Gasteiger partial charge on any atom is -0.497 e. The van der Waals surface area contributed by atoms with E-state index in [0.29, 0.717) is 30.0 Å². The number of hydrogen-bond donors (Lipinski definition) is 4. The van der Waals surface area contributed by atoms with Crippen molar-refractivity contribution < 1.29 is 28.7 Å². The van der Waals surface area contributed by atoms with E-state index in [9.17, 15) is 19.2 Å². The number of amides is 4. The summed E-state index contributed by atoms with van der Waals surface area (Å²) in [5.41, 5.74) is 1.60. The number of Topliss-reactive ketones (excluding diaryl/α,β-unsaturated/α-hetero) is 1. The zero-order valence-electron chi connectivity index (χ0n) is 21.1. The molecule has 0 bridgehead atoms. The number of ketones is 1. The first-order chi connectivity index (χ1) is 17.2. The summed E-state index contributed by atoms with van der Waals surface area (Å²) in [5, 5.41) is 10.3. The SMILES string of the molecule is COc1cc(CNC(=O)C(=O)CNC(=O)C(CC(C)C)NC(=O)NCc2ccccc2)cc(OC)c1. The molecule has 10 nitrogen and oxygen atoms in total. The van der Waals surface area contributed by atoms with Crippen molar-refractivity contribution in [1.82, 2.24) is 21.3 Å². The lowest BCUT2D eigenvalue weighted by Gasteiger charge is -2.20. The average molecular weight is 499 g/mol. The number of carbonyl (C=O) groups excluding carboxylic acids is 4. The van der Waals surface area contributed by atoms with Crippen LogP contribution in [0.3, 0.4) is 0 Å². The first-order valence-electron chi connectivity index (χ1n) is 11.6. The molecule has 0 aliphatic carbocycles. The first-order valence-corrected chi connectivity index (χ1v) is 11.6. The van der Waals surface area contributed by atoms with Crippen molar-refractivity contribution in [2.45, 2.75) is 39.4 Å². The van der Waals surface area contributed by atoms with Crippen LogP contribution in [0.1, 0.15) is 31.4 Å². The highest BCUT2D eigenvalue weighted by atomic mass is 16.5. The van der Waals surface area contributed by atoms with Crippen LogP contribution in [0.25, 0.3) is 0 Å². The third kappa shape index (κ3) is 9.65. The van der Waals surface area contributed by atoms with Crippen molar-refractivity contribution in [2.75, 3.05) is 20.8 Å². The number of methoxy groups -OCH3 is 2. The van der Waals surface area contributed by atoms with Crippen LogP contribution in [0, 0.1) is 5.92 Å². The Morgan fingerprint density at radius 3 is 2.00 bits per heavy atom. The van der Waals surface area contributed by atoms with Crippen LogP contribution in [0.5, 0.6) is 11.5 Å². The summed E-state index contributed by atoms with van der Waals surface area (Å²) in [4.78, 5) is 49.5. The molecule has 36 heavy (non-hydrogen) atoms. The summed E-state index contributed by atoms with van der Waals surface area (Å²) in [5.74, 6) is -0.991. The molecule has 2 aromatic carbocycles. The Balaban J connectivity index is 1.85. The molecule has 4 N–H and O–H groups in total. The topological polar surface area (TPSA) is 135 Å². The van der Waals surface area contributed by atoms with E-state index < -0.39 is 36.2 Å². The summed E-state index contributed by atoms with van der Waals surface area (Å²) in [6.07, 6.45) is 0.364. The second-order valence-electron chi connectivity index (χ2n) is 8.54. The number of benzene rings is 2. The molecule has 10 heteroatoms. The predicted molar refractivity (Wildman–Crippen MR) is 134 cm³/mol. The van der Waals surface area contributed by atoms with Crippen molar-refractivity contribution in [3.8, 4) is 11.5 Å². The molecular formula is C26H34N4O6. The van der Waals surface area contributed by atoms with Gasteiger partial charge in [-0.2, -0.15) is 0 Å². The molecule has 194 valence electrons. The van der Waals surface area contributed by atoms with Gasteiger partial charge in [0.1, 0.15) is 17.5 Å². The van der Waals surface area contributed by atoms with Gasteiger partial charge in [-0.25, -0.2) is 4.79 Å². The largest absolute Gasteiger partial charge is 0.497 e. The fourth-order valence-electron chi connectivity index (χ4n) is 3.31. The molecule has 1 unspecified atom stereocenters. The smallest absolute Gasteiger partial charge is 0.315 e. The molecular weight excluding hydrogens is 464 g/mol. The minimum absolute atomic E-state index is 0.0746. The molecule has 0 aliphatic heterocycles. The zero-order chi connectivity index (χ0) is 26.5. The summed E-state index contributed by atoms with van der Waals surface area (Å²) >= 11 is 0. The molecule has 0 aromatic heterocycles. The fourth-order valence-corrected chi connectivity index (χ4v) is 3.31. The van der Waals surface area contributed by atoms with Gasteiger partial charge < -0.3 is 30.7 Å². The van der Waals surface area contributed by atoms with Crippen LogP contribution in [-0.2, 0) is 27.5 Å². The monoisotopic (exact) mass is 498 g/mol.